The number of nitrogens with zero attached hydrogens (tertiary/aromatic N) is 6. The van der Waals surface area contributed by atoms with Gasteiger partial charge < -0.3 is 10.2 Å². The highest BCUT2D eigenvalue weighted by atomic mass is 35.5. The van der Waals surface area contributed by atoms with Gasteiger partial charge in [-0.1, -0.05) is 0 Å². The molecule has 0 atom stereocenters. The first-order valence-electron chi connectivity index (χ1n) is 4.72. The zero-order valence-corrected chi connectivity index (χ0v) is 10.3. The predicted molar refractivity (Wildman–Crippen MR) is 60.4 cm³/mol. The summed E-state index contributed by atoms with van der Waals surface area (Å²) in [4.78, 5) is 21.8. The molecule has 0 aliphatic heterocycles. The fourth-order valence-corrected chi connectivity index (χ4v) is 1.55. The second-order valence-corrected chi connectivity index (χ2v) is 3.82. The number of hydrogen-bond donors (Lipinski definition) is 2. The van der Waals surface area contributed by atoms with Gasteiger partial charge in [0.05, 0.1) is 0 Å². The SMILES string of the molecule is Oc1nc(Cl)nc(CCc2nc(O)nc(Cl)n2)n1. The smallest absolute Gasteiger partial charge is 0.318 e. The van der Waals surface area contributed by atoms with E-state index < -0.39 is 12.0 Å². The molecule has 10 heteroatoms. The molecule has 94 valence electrons. The van der Waals surface area contributed by atoms with Crippen molar-refractivity contribution >= 4 is 23.2 Å². The Morgan fingerprint density at radius 1 is 0.667 bits per heavy atom. The van der Waals surface area contributed by atoms with Crippen molar-refractivity contribution in [1.29, 1.82) is 0 Å². The highest BCUT2D eigenvalue weighted by Crippen LogP contribution is 2.10. The fraction of sp³-hybridized carbons (Fsp3) is 0.250. The first kappa shape index (κ1) is 12.7. The Bertz CT molecular complexity index is 490. The summed E-state index contributed by atoms with van der Waals surface area (Å²) in [5.74, 6) is 0.562. The van der Waals surface area contributed by atoms with Crippen LogP contribution in [0.15, 0.2) is 0 Å². The Morgan fingerprint density at radius 3 is 1.39 bits per heavy atom. The van der Waals surface area contributed by atoms with Gasteiger partial charge in [0.15, 0.2) is 0 Å². The van der Waals surface area contributed by atoms with Crippen LogP contribution in [0.5, 0.6) is 12.0 Å². The fourth-order valence-electron chi connectivity index (χ4n) is 1.21. The molecule has 0 saturated heterocycles. The van der Waals surface area contributed by atoms with Gasteiger partial charge in [0, 0.05) is 12.8 Å². The van der Waals surface area contributed by atoms with E-state index in [1.54, 1.807) is 0 Å². The van der Waals surface area contributed by atoms with E-state index >= 15 is 0 Å². The summed E-state index contributed by atoms with van der Waals surface area (Å²) in [5.41, 5.74) is 0. The van der Waals surface area contributed by atoms with Gasteiger partial charge in [0.25, 0.3) is 0 Å². The molecule has 0 aliphatic rings. The molecule has 0 fully saturated rings. The average Bonchev–Trinajstić information content (AvgIpc) is 2.23. The van der Waals surface area contributed by atoms with Crippen LogP contribution in [0.25, 0.3) is 0 Å². The van der Waals surface area contributed by atoms with Crippen LogP contribution in [0.2, 0.25) is 10.6 Å². The zero-order chi connectivity index (χ0) is 13.1. The third kappa shape index (κ3) is 3.34. The number of aromatic hydroxyl groups is 2. The van der Waals surface area contributed by atoms with Crippen LogP contribution < -0.4 is 0 Å². The van der Waals surface area contributed by atoms with Crippen molar-refractivity contribution in [3.05, 3.63) is 22.2 Å². The van der Waals surface area contributed by atoms with E-state index in [1.165, 1.54) is 0 Å². The summed E-state index contributed by atoms with van der Waals surface area (Å²) in [6, 6.07) is -0.914. The van der Waals surface area contributed by atoms with E-state index in [0.29, 0.717) is 12.8 Å². The lowest BCUT2D eigenvalue weighted by atomic mass is 10.3. The van der Waals surface area contributed by atoms with Crippen molar-refractivity contribution in [2.45, 2.75) is 12.8 Å². The maximum Gasteiger partial charge on any atom is 0.318 e. The van der Waals surface area contributed by atoms with Crippen LogP contribution in [0.1, 0.15) is 11.6 Å². The van der Waals surface area contributed by atoms with Gasteiger partial charge in [-0.25, -0.2) is 9.97 Å². The minimum atomic E-state index is -0.457. The van der Waals surface area contributed by atoms with Gasteiger partial charge in [0.1, 0.15) is 11.6 Å². The molecule has 2 aromatic heterocycles. The maximum absolute atomic E-state index is 9.13. The van der Waals surface area contributed by atoms with Crippen molar-refractivity contribution < 1.29 is 10.2 Å². The first-order chi connectivity index (χ1) is 8.52. The number of halogens is 2. The molecule has 2 heterocycles. The summed E-state index contributed by atoms with van der Waals surface area (Å²) in [5, 5.41) is 18.1. The van der Waals surface area contributed by atoms with Crippen LogP contribution >= 0.6 is 23.2 Å². The third-order valence-electron chi connectivity index (χ3n) is 1.86. The van der Waals surface area contributed by atoms with Crippen molar-refractivity contribution in [3.63, 3.8) is 0 Å². The normalized spacial score (nSPS) is 10.6. The minimum absolute atomic E-state index is 0.103. The highest BCUT2D eigenvalue weighted by molar-refractivity contribution is 6.28. The molecule has 2 N–H and O–H groups in total. The lowest BCUT2D eigenvalue weighted by molar-refractivity contribution is 0.420. The average molecular weight is 289 g/mol. The van der Waals surface area contributed by atoms with Crippen molar-refractivity contribution in [2.75, 3.05) is 0 Å². The van der Waals surface area contributed by atoms with E-state index in [-0.39, 0.29) is 22.2 Å². The molecule has 2 rings (SSSR count). The van der Waals surface area contributed by atoms with Gasteiger partial charge in [-0.05, 0) is 23.2 Å². The Labute approximate surface area is 111 Å². The van der Waals surface area contributed by atoms with Gasteiger partial charge in [-0.3, -0.25) is 0 Å². The lowest BCUT2D eigenvalue weighted by Crippen LogP contribution is -2.04. The van der Waals surface area contributed by atoms with Crippen LogP contribution in [-0.2, 0) is 12.8 Å². The Hall–Kier alpha value is -1.80. The predicted octanol–water partition coefficient (Wildman–Crippen LogP) is 0.560. The van der Waals surface area contributed by atoms with Gasteiger partial charge >= 0.3 is 12.0 Å². The van der Waals surface area contributed by atoms with Crippen LogP contribution in [-0.4, -0.2) is 40.1 Å². The standard InChI is InChI=1S/C8H6Cl2N6O2/c9-5-11-3(13-7(17)15-5)1-2-4-12-6(10)16-8(18)14-4/h1-2H2,(H,11,13,15,17)(H,12,14,16,18). The molecule has 0 aliphatic carbocycles. The van der Waals surface area contributed by atoms with Crippen LogP contribution in [0, 0.1) is 0 Å². The lowest BCUT2D eigenvalue weighted by Gasteiger charge is -2.01. The molecule has 8 nitrogen and oxygen atoms in total. The summed E-state index contributed by atoms with van der Waals surface area (Å²) >= 11 is 11.1. The first-order valence-corrected chi connectivity index (χ1v) is 5.47. The van der Waals surface area contributed by atoms with Crippen LogP contribution in [0.4, 0.5) is 0 Å². The van der Waals surface area contributed by atoms with E-state index in [2.05, 4.69) is 29.9 Å². The summed E-state index contributed by atoms with van der Waals surface area (Å²) < 4.78 is 0. The second-order valence-electron chi connectivity index (χ2n) is 3.14. The van der Waals surface area contributed by atoms with Crippen molar-refractivity contribution in [3.8, 4) is 12.0 Å². The molecule has 0 bridgehead atoms. The van der Waals surface area contributed by atoms with Crippen molar-refractivity contribution in [2.24, 2.45) is 0 Å². The van der Waals surface area contributed by atoms with Gasteiger partial charge in [-0.15, -0.1) is 0 Å². The van der Waals surface area contributed by atoms with E-state index in [0.717, 1.165) is 0 Å². The van der Waals surface area contributed by atoms with Crippen LogP contribution in [0.3, 0.4) is 0 Å². The molecular formula is C8H6Cl2N6O2. The monoisotopic (exact) mass is 288 g/mol. The Balaban J connectivity index is 2.11. The molecule has 0 aromatic carbocycles. The number of aryl methyl sites for hydroxylation is 2. The van der Waals surface area contributed by atoms with Crippen molar-refractivity contribution in [1.82, 2.24) is 29.9 Å². The number of rotatable bonds is 3. The molecule has 2 aromatic rings. The van der Waals surface area contributed by atoms with E-state index in [4.69, 9.17) is 33.4 Å². The maximum atomic E-state index is 9.13. The molecule has 0 spiro atoms. The molecule has 18 heavy (non-hydrogen) atoms. The molecule has 0 amide bonds. The third-order valence-corrected chi connectivity index (χ3v) is 2.20. The zero-order valence-electron chi connectivity index (χ0n) is 8.75. The quantitative estimate of drug-likeness (QED) is 0.841. The Kier molecular flexibility index (Phi) is 3.68. The highest BCUT2D eigenvalue weighted by Gasteiger charge is 2.08. The second kappa shape index (κ2) is 5.23. The topological polar surface area (TPSA) is 118 Å². The summed E-state index contributed by atoms with van der Waals surface area (Å²) in [6.07, 6.45) is 0.602. The van der Waals surface area contributed by atoms with E-state index in [1.807, 2.05) is 0 Å². The largest absolute Gasteiger partial charge is 0.479 e. The van der Waals surface area contributed by atoms with Gasteiger partial charge in [0.2, 0.25) is 10.6 Å². The molecular weight excluding hydrogens is 283 g/mol. The summed E-state index contributed by atoms with van der Waals surface area (Å²) in [7, 11) is 0. The molecule has 0 radical (unpaired) electrons. The number of aromatic nitrogens is 6. The Morgan fingerprint density at radius 2 is 1.06 bits per heavy atom. The van der Waals surface area contributed by atoms with Gasteiger partial charge in [-0.2, -0.15) is 19.9 Å². The number of hydrogen-bond acceptors (Lipinski definition) is 8. The molecule has 0 unspecified atom stereocenters. The van der Waals surface area contributed by atoms with E-state index in [9.17, 15) is 0 Å². The minimum Gasteiger partial charge on any atom is -0.479 e. The summed E-state index contributed by atoms with van der Waals surface area (Å²) in [6.45, 7) is 0. The molecule has 0 saturated carbocycles.